The third kappa shape index (κ3) is 2.25. The lowest BCUT2D eigenvalue weighted by Gasteiger charge is -2.07. The highest BCUT2D eigenvalue weighted by atomic mass is 19.1. The number of aryl methyl sites for hydroxylation is 3. The monoisotopic (exact) mass is 248 g/mol. The Kier molecular flexibility index (Phi) is 3.14. The zero-order chi connectivity index (χ0) is 13.3. The molecule has 1 aromatic heterocycles. The Balaban J connectivity index is 2.27. The number of benzene rings is 1. The molecule has 1 N–H and O–H groups in total. The molecule has 0 spiro atoms. The van der Waals surface area contributed by atoms with Gasteiger partial charge >= 0.3 is 0 Å². The van der Waals surface area contributed by atoms with E-state index < -0.39 is 0 Å². The summed E-state index contributed by atoms with van der Waals surface area (Å²) in [6.45, 7) is 5.10. The van der Waals surface area contributed by atoms with Crippen LogP contribution in [-0.4, -0.2) is 11.1 Å². The van der Waals surface area contributed by atoms with Crippen molar-refractivity contribution in [2.24, 2.45) is 0 Å². The highest BCUT2D eigenvalue weighted by molar-refractivity contribution is 6.05. The molecule has 1 amide bonds. The van der Waals surface area contributed by atoms with Gasteiger partial charge in [-0.1, -0.05) is 5.16 Å². The molecule has 0 aliphatic carbocycles. The maximum Gasteiger partial charge on any atom is 0.261 e. The lowest BCUT2D eigenvalue weighted by atomic mass is 10.1. The highest BCUT2D eigenvalue weighted by Crippen LogP contribution is 2.19. The molecule has 0 fully saturated rings. The first kappa shape index (κ1) is 12.3. The predicted octanol–water partition coefficient (Wildman–Crippen LogP) is 2.99. The molecule has 4 nitrogen and oxygen atoms in total. The number of carbonyl (C=O) groups is 1. The van der Waals surface area contributed by atoms with Crippen LogP contribution in [0.3, 0.4) is 0 Å². The van der Waals surface area contributed by atoms with Crippen LogP contribution in [0.2, 0.25) is 0 Å². The summed E-state index contributed by atoms with van der Waals surface area (Å²) in [5.41, 5.74) is 2.18. The topological polar surface area (TPSA) is 55.1 Å². The van der Waals surface area contributed by atoms with Gasteiger partial charge in [0.25, 0.3) is 5.91 Å². The van der Waals surface area contributed by atoms with Crippen molar-refractivity contribution in [1.82, 2.24) is 5.16 Å². The van der Waals surface area contributed by atoms with Gasteiger partial charge < -0.3 is 9.84 Å². The molecule has 5 heteroatoms. The quantitative estimate of drug-likeness (QED) is 0.888. The van der Waals surface area contributed by atoms with Crippen LogP contribution in [0.4, 0.5) is 10.1 Å². The summed E-state index contributed by atoms with van der Waals surface area (Å²) in [4.78, 5) is 12.0. The molecule has 1 heterocycles. The van der Waals surface area contributed by atoms with E-state index in [0.29, 0.717) is 28.3 Å². The van der Waals surface area contributed by atoms with E-state index in [1.807, 2.05) is 0 Å². The van der Waals surface area contributed by atoms with E-state index >= 15 is 0 Å². The first-order chi connectivity index (χ1) is 8.49. The number of nitrogens with one attached hydrogen (secondary N) is 1. The SMILES string of the molecule is Cc1cc(F)ccc1NC(=O)c1c(C)noc1C. The molecule has 0 aliphatic heterocycles. The molecule has 1 aromatic carbocycles. The van der Waals surface area contributed by atoms with E-state index in [-0.39, 0.29) is 11.7 Å². The average Bonchev–Trinajstić information content (AvgIpc) is 2.62. The van der Waals surface area contributed by atoms with E-state index in [4.69, 9.17) is 4.52 Å². The van der Waals surface area contributed by atoms with Gasteiger partial charge in [0.2, 0.25) is 0 Å². The van der Waals surface area contributed by atoms with Gasteiger partial charge in [-0.15, -0.1) is 0 Å². The minimum atomic E-state index is -0.331. The molecule has 18 heavy (non-hydrogen) atoms. The molecular weight excluding hydrogens is 235 g/mol. The fourth-order valence-corrected chi connectivity index (χ4v) is 1.76. The van der Waals surface area contributed by atoms with Gasteiger partial charge in [-0.3, -0.25) is 4.79 Å². The van der Waals surface area contributed by atoms with Crippen molar-refractivity contribution in [3.63, 3.8) is 0 Å². The maximum atomic E-state index is 12.9. The number of amides is 1. The molecular formula is C13H13FN2O2. The molecule has 0 saturated carbocycles. The van der Waals surface area contributed by atoms with Crippen LogP contribution in [0.1, 0.15) is 27.4 Å². The minimum Gasteiger partial charge on any atom is -0.361 e. The van der Waals surface area contributed by atoms with Crippen molar-refractivity contribution in [1.29, 1.82) is 0 Å². The first-order valence-corrected chi connectivity index (χ1v) is 5.49. The number of nitrogens with zero attached hydrogens (tertiary/aromatic N) is 1. The third-order valence-electron chi connectivity index (χ3n) is 2.70. The second-order valence-electron chi connectivity index (χ2n) is 4.11. The Hall–Kier alpha value is -2.17. The number of hydrogen-bond donors (Lipinski definition) is 1. The van der Waals surface area contributed by atoms with Crippen molar-refractivity contribution >= 4 is 11.6 Å². The normalized spacial score (nSPS) is 10.4. The van der Waals surface area contributed by atoms with Crippen LogP contribution >= 0.6 is 0 Å². The predicted molar refractivity (Wildman–Crippen MR) is 65.1 cm³/mol. The lowest BCUT2D eigenvalue weighted by Crippen LogP contribution is -2.14. The Morgan fingerprint density at radius 3 is 2.61 bits per heavy atom. The van der Waals surface area contributed by atoms with Crippen molar-refractivity contribution in [3.8, 4) is 0 Å². The summed E-state index contributed by atoms with van der Waals surface area (Å²) in [6, 6.07) is 4.19. The number of hydrogen-bond acceptors (Lipinski definition) is 3. The van der Waals surface area contributed by atoms with Crippen molar-refractivity contribution in [2.45, 2.75) is 20.8 Å². The van der Waals surface area contributed by atoms with Gasteiger partial charge in [-0.25, -0.2) is 4.39 Å². The van der Waals surface area contributed by atoms with Crippen molar-refractivity contribution in [3.05, 3.63) is 46.6 Å². The van der Waals surface area contributed by atoms with E-state index in [9.17, 15) is 9.18 Å². The standard InChI is InChI=1S/C13H13FN2O2/c1-7-6-10(14)4-5-11(7)15-13(17)12-8(2)16-18-9(12)3/h4-6H,1-3H3,(H,15,17). The third-order valence-corrected chi connectivity index (χ3v) is 2.70. The van der Waals surface area contributed by atoms with E-state index in [1.165, 1.54) is 18.2 Å². The van der Waals surface area contributed by atoms with Crippen LogP contribution in [-0.2, 0) is 0 Å². The summed E-state index contributed by atoms with van der Waals surface area (Å²) < 4.78 is 17.9. The first-order valence-electron chi connectivity index (χ1n) is 5.49. The average molecular weight is 248 g/mol. The molecule has 0 aliphatic rings. The molecule has 0 unspecified atom stereocenters. The summed E-state index contributed by atoms with van der Waals surface area (Å²) >= 11 is 0. The Morgan fingerprint density at radius 1 is 1.33 bits per heavy atom. The zero-order valence-corrected chi connectivity index (χ0v) is 10.4. The van der Waals surface area contributed by atoms with Crippen LogP contribution < -0.4 is 5.32 Å². The Morgan fingerprint density at radius 2 is 2.06 bits per heavy atom. The van der Waals surface area contributed by atoms with Crippen LogP contribution in [0, 0.1) is 26.6 Å². The van der Waals surface area contributed by atoms with Crippen LogP contribution in [0.25, 0.3) is 0 Å². The molecule has 0 saturated heterocycles. The van der Waals surface area contributed by atoms with Gasteiger partial charge in [0.15, 0.2) is 0 Å². The van der Waals surface area contributed by atoms with Crippen LogP contribution in [0.5, 0.6) is 0 Å². The molecule has 0 atom stereocenters. The second-order valence-corrected chi connectivity index (χ2v) is 4.11. The smallest absolute Gasteiger partial charge is 0.261 e. The van der Waals surface area contributed by atoms with E-state index in [1.54, 1.807) is 20.8 Å². The number of anilines is 1. The van der Waals surface area contributed by atoms with Crippen molar-refractivity contribution in [2.75, 3.05) is 5.32 Å². The summed E-state index contributed by atoms with van der Waals surface area (Å²) in [7, 11) is 0. The largest absolute Gasteiger partial charge is 0.361 e. The fourth-order valence-electron chi connectivity index (χ4n) is 1.76. The summed E-state index contributed by atoms with van der Waals surface area (Å²) in [6.07, 6.45) is 0. The number of aromatic nitrogens is 1. The number of rotatable bonds is 2. The van der Waals surface area contributed by atoms with Gasteiger partial charge in [0, 0.05) is 5.69 Å². The minimum absolute atomic E-state index is 0.305. The maximum absolute atomic E-state index is 12.9. The molecule has 0 bridgehead atoms. The molecule has 2 rings (SSSR count). The zero-order valence-electron chi connectivity index (χ0n) is 10.4. The summed E-state index contributed by atoms with van der Waals surface area (Å²) in [5.74, 6) is -0.173. The van der Waals surface area contributed by atoms with E-state index in [2.05, 4.69) is 10.5 Å². The Bertz CT molecular complexity index is 586. The molecule has 2 aromatic rings. The van der Waals surface area contributed by atoms with Gasteiger partial charge in [-0.05, 0) is 44.5 Å². The summed E-state index contributed by atoms with van der Waals surface area (Å²) in [5, 5.41) is 6.44. The van der Waals surface area contributed by atoms with Crippen LogP contribution in [0.15, 0.2) is 22.7 Å². The second kappa shape index (κ2) is 4.60. The highest BCUT2D eigenvalue weighted by Gasteiger charge is 2.18. The van der Waals surface area contributed by atoms with E-state index in [0.717, 1.165) is 0 Å². The van der Waals surface area contributed by atoms with Gasteiger partial charge in [-0.2, -0.15) is 0 Å². The van der Waals surface area contributed by atoms with Crippen molar-refractivity contribution < 1.29 is 13.7 Å². The Labute approximate surface area is 104 Å². The fraction of sp³-hybridized carbons (Fsp3) is 0.231. The van der Waals surface area contributed by atoms with Gasteiger partial charge in [0.05, 0.1) is 5.69 Å². The molecule has 94 valence electrons. The molecule has 0 radical (unpaired) electrons. The van der Waals surface area contributed by atoms with Gasteiger partial charge in [0.1, 0.15) is 17.1 Å². The number of halogens is 1. The number of carbonyl (C=O) groups excluding carboxylic acids is 1. The lowest BCUT2D eigenvalue weighted by molar-refractivity contribution is 0.102.